The fourth-order valence-electron chi connectivity index (χ4n) is 1.80. The summed E-state index contributed by atoms with van der Waals surface area (Å²) in [6.45, 7) is 2.73. The van der Waals surface area contributed by atoms with Gasteiger partial charge in [0.1, 0.15) is 5.82 Å². The van der Waals surface area contributed by atoms with Gasteiger partial charge in [-0.15, -0.1) is 0 Å². The number of nitrogens with one attached hydrogen (secondary N) is 1. The van der Waals surface area contributed by atoms with E-state index < -0.39 is 0 Å². The smallest absolute Gasteiger partial charge is 0.123 e. The monoisotopic (exact) mass is 307 g/mol. The lowest BCUT2D eigenvalue weighted by atomic mass is 10.1. The molecule has 18 heavy (non-hydrogen) atoms. The van der Waals surface area contributed by atoms with E-state index >= 15 is 0 Å². The van der Waals surface area contributed by atoms with E-state index in [4.69, 9.17) is 0 Å². The van der Waals surface area contributed by atoms with E-state index in [1.165, 1.54) is 11.6 Å². The standard InChI is InChI=1S/C15H15BrFN/c1-11(12-5-3-2-4-6-12)18-10-13-9-14(17)7-8-15(13)16/h2-9,11,18H,10H2,1H3/t11-/m1/s1. The molecule has 1 atom stereocenters. The van der Waals surface area contributed by atoms with Gasteiger partial charge in [0.05, 0.1) is 0 Å². The van der Waals surface area contributed by atoms with Crippen molar-refractivity contribution in [3.8, 4) is 0 Å². The van der Waals surface area contributed by atoms with E-state index in [2.05, 4.69) is 40.3 Å². The van der Waals surface area contributed by atoms with Crippen molar-refractivity contribution < 1.29 is 4.39 Å². The molecule has 0 aromatic heterocycles. The fourth-order valence-corrected chi connectivity index (χ4v) is 2.19. The maximum atomic E-state index is 13.1. The summed E-state index contributed by atoms with van der Waals surface area (Å²) >= 11 is 3.43. The molecule has 94 valence electrons. The molecule has 1 N–H and O–H groups in total. The zero-order valence-electron chi connectivity index (χ0n) is 10.2. The second-order valence-electron chi connectivity index (χ2n) is 4.25. The Labute approximate surface area is 115 Å². The summed E-state index contributed by atoms with van der Waals surface area (Å²) in [6.07, 6.45) is 0. The fraction of sp³-hybridized carbons (Fsp3) is 0.200. The molecular weight excluding hydrogens is 293 g/mol. The lowest BCUT2D eigenvalue weighted by Crippen LogP contribution is -2.18. The Kier molecular flexibility index (Phi) is 4.50. The van der Waals surface area contributed by atoms with Crippen molar-refractivity contribution in [2.24, 2.45) is 0 Å². The predicted octanol–water partition coefficient (Wildman–Crippen LogP) is 4.44. The molecule has 0 aliphatic heterocycles. The van der Waals surface area contributed by atoms with Crippen LogP contribution in [0.3, 0.4) is 0 Å². The van der Waals surface area contributed by atoms with Crippen LogP contribution in [-0.4, -0.2) is 0 Å². The van der Waals surface area contributed by atoms with Crippen LogP contribution >= 0.6 is 15.9 Å². The molecule has 3 heteroatoms. The van der Waals surface area contributed by atoms with Crippen molar-refractivity contribution in [1.82, 2.24) is 5.32 Å². The summed E-state index contributed by atoms with van der Waals surface area (Å²) in [5, 5.41) is 3.39. The van der Waals surface area contributed by atoms with Gasteiger partial charge in [-0.2, -0.15) is 0 Å². The van der Waals surface area contributed by atoms with Crippen molar-refractivity contribution >= 4 is 15.9 Å². The molecule has 0 radical (unpaired) electrons. The minimum absolute atomic E-state index is 0.206. The molecule has 0 saturated carbocycles. The minimum Gasteiger partial charge on any atom is -0.306 e. The van der Waals surface area contributed by atoms with E-state index in [1.54, 1.807) is 12.1 Å². The zero-order valence-corrected chi connectivity index (χ0v) is 11.7. The first-order valence-corrected chi connectivity index (χ1v) is 6.68. The molecule has 0 amide bonds. The molecule has 0 unspecified atom stereocenters. The van der Waals surface area contributed by atoms with E-state index in [9.17, 15) is 4.39 Å². The third kappa shape index (κ3) is 3.40. The van der Waals surface area contributed by atoms with Gasteiger partial charge in [-0.3, -0.25) is 0 Å². The largest absolute Gasteiger partial charge is 0.306 e. The quantitative estimate of drug-likeness (QED) is 0.880. The van der Waals surface area contributed by atoms with Gasteiger partial charge in [0.2, 0.25) is 0 Å². The van der Waals surface area contributed by atoms with Crippen molar-refractivity contribution in [3.05, 3.63) is 69.9 Å². The summed E-state index contributed by atoms with van der Waals surface area (Å²) in [6, 6.07) is 15.2. The first-order chi connectivity index (χ1) is 8.66. The topological polar surface area (TPSA) is 12.0 Å². The van der Waals surface area contributed by atoms with E-state index in [1.807, 2.05) is 18.2 Å². The highest BCUT2D eigenvalue weighted by Gasteiger charge is 2.06. The van der Waals surface area contributed by atoms with Crippen LogP contribution < -0.4 is 5.32 Å². The Balaban J connectivity index is 2.01. The molecule has 0 bridgehead atoms. The molecule has 0 fully saturated rings. The molecule has 0 spiro atoms. The normalized spacial score (nSPS) is 12.4. The average Bonchev–Trinajstić information content (AvgIpc) is 2.40. The summed E-state index contributed by atoms with van der Waals surface area (Å²) in [5.41, 5.74) is 2.16. The number of benzene rings is 2. The van der Waals surface area contributed by atoms with Gasteiger partial charge in [-0.1, -0.05) is 46.3 Å². The highest BCUT2D eigenvalue weighted by molar-refractivity contribution is 9.10. The number of halogens is 2. The van der Waals surface area contributed by atoms with Crippen LogP contribution in [0.2, 0.25) is 0 Å². The number of hydrogen-bond donors (Lipinski definition) is 1. The third-order valence-corrected chi connectivity index (χ3v) is 3.68. The highest BCUT2D eigenvalue weighted by atomic mass is 79.9. The van der Waals surface area contributed by atoms with Gasteiger partial charge in [0.25, 0.3) is 0 Å². The Morgan fingerprint density at radius 1 is 1.17 bits per heavy atom. The first-order valence-electron chi connectivity index (χ1n) is 5.89. The van der Waals surface area contributed by atoms with Crippen molar-refractivity contribution in [2.75, 3.05) is 0 Å². The van der Waals surface area contributed by atoms with Gasteiger partial charge in [-0.25, -0.2) is 4.39 Å². The number of rotatable bonds is 4. The highest BCUT2D eigenvalue weighted by Crippen LogP contribution is 2.19. The molecule has 0 heterocycles. The molecular formula is C15H15BrFN. The van der Waals surface area contributed by atoms with Crippen LogP contribution in [-0.2, 0) is 6.54 Å². The Morgan fingerprint density at radius 3 is 2.61 bits per heavy atom. The SMILES string of the molecule is C[C@@H](NCc1cc(F)ccc1Br)c1ccccc1. The van der Waals surface area contributed by atoms with Crippen molar-refractivity contribution in [1.29, 1.82) is 0 Å². The van der Waals surface area contributed by atoms with Crippen molar-refractivity contribution in [3.63, 3.8) is 0 Å². The Hall–Kier alpha value is -1.19. The predicted molar refractivity (Wildman–Crippen MR) is 75.8 cm³/mol. The molecule has 2 aromatic rings. The average molecular weight is 308 g/mol. The van der Waals surface area contributed by atoms with Crippen LogP contribution in [0.5, 0.6) is 0 Å². The van der Waals surface area contributed by atoms with Crippen LogP contribution in [0.15, 0.2) is 53.0 Å². The van der Waals surface area contributed by atoms with Crippen LogP contribution in [0.4, 0.5) is 4.39 Å². The molecule has 2 rings (SSSR count). The third-order valence-electron chi connectivity index (χ3n) is 2.91. The molecule has 2 aromatic carbocycles. The molecule has 0 aliphatic rings. The van der Waals surface area contributed by atoms with Gasteiger partial charge >= 0.3 is 0 Å². The second kappa shape index (κ2) is 6.12. The second-order valence-corrected chi connectivity index (χ2v) is 5.10. The number of hydrogen-bond acceptors (Lipinski definition) is 1. The zero-order chi connectivity index (χ0) is 13.0. The van der Waals surface area contributed by atoms with E-state index in [0.717, 1.165) is 10.0 Å². The van der Waals surface area contributed by atoms with Crippen molar-refractivity contribution in [2.45, 2.75) is 19.5 Å². The van der Waals surface area contributed by atoms with Crippen LogP contribution in [0.25, 0.3) is 0 Å². The maximum absolute atomic E-state index is 13.1. The van der Waals surface area contributed by atoms with Crippen LogP contribution in [0.1, 0.15) is 24.1 Å². The molecule has 1 nitrogen and oxygen atoms in total. The van der Waals surface area contributed by atoms with E-state index in [0.29, 0.717) is 6.54 Å². The summed E-state index contributed by atoms with van der Waals surface area (Å²) < 4.78 is 14.1. The molecule has 0 aliphatic carbocycles. The van der Waals surface area contributed by atoms with E-state index in [-0.39, 0.29) is 11.9 Å². The Morgan fingerprint density at radius 2 is 1.89 bits per heavy atom. The van der Waals surface area contributed by atoms with Gasteiger partial charge in [0.15, 0.2) is 0 Å². The lowest BCUT2D eigenvalue weighted by molar-refractivity contribution is 0.568. The first kappa shape index (κ1) is 13.2. The Bertz CT molecular complexity index is 513. The van der Waals surface area contributed by atoms with Gasteiger partial charge in [0, 0.05) is 17.1 Å². The summed E-state index contributed by atoms with van der Waals surface area (Å²) in [7, 11) is 0. The van der Waals surface area contributed by atoms with Gasteiger partial charge in [-0.05, 0) is 36.2 Å². The summed E-state index contributed by atoms with van der Waals surface area (Å²) in [4.78, 5) is 0. The molecule has 0 saturated heterocycles. The van der Waals surface area contributed by atoms with Crippen LogP contribution in [0, 0.1) is 5.82 Å². The van der Waals surface area contributed by atoms with Gasteiger partial charge < -0.3 is 5.32 Å². The summed E-state index contributed by atoms with van der Waals surface area (Å²) in [5.74, 6) is -0.206. The minimum atomic E-state index is -0.206. The maximum Gasteiger partial charge on any atom is 0.123 e. The lowest BCUT2D eigenvalue weighted by Gasteiger charge is -2.15.